The van der Waals surface area contributed by atoms with Gasteiger partial charge in [0.2, 0.25) is 0 Å². The number of aryl methyl sites for hydroxylation is 1. The Morgan fingerprint density at radius 3 is 2.54 bits per heavy atom. The van der Waals surface area contributed by atoms with E-state index in [0.29, 0.717) is 11.3 Å². The highest BCUT2D eigenvalue weighted by Gasteiger charge is 2.36. The molecule has 0 saturated carbocycles. The van der Waals surface area contributed by atoms with E-state index in [2.05, 4.69) is 21.9 Å². The number of pyridine rings is 3. The molecule has 2 N–H and O–H groups in total. The van der Waals surface area contributed by atoms with Crippen molar-refractivity contribution in [1.82, 2.24) is 24.8 Å². The van der Waals surface area contributed by atoms with Gasteiger partial charge in [0.25, 0.3) is 17.4 Å². The minimum Gasteiger partial charge on any atom is -0.507 e. The molecular weight excluding hydrogens is 627 g/mol. The number of anilines is 1. The maximum atomic E-state index is 16.2. The zero-order valence-electron chi connectivity index (χ0n) is 26.6. The minimum absolute atomic E-state index is 0.0337. The van der Waals surface area contributed by atoms with Gasteiger partial charge < -0.3 is 20.2 Å². The van der Waals surface area contributed by atoms with Gasteiger partial charge in [0, 0.05) is 38.3 Å². The van der Waals surface area contributed by atoms with Crippen molar-refractivity contribution in [2.75, 3.05) is 31.6 Å². The zero-order chi connectivity index (χ0) is 35.0. The smallest absolute Gasteiger partial charge is 0.282 e. The number of nitrogens with zero attached hydrogens (tertiary/aromatic N) is 6. The van der Waals surface area contributed by atoms with Gasteiger partial charge in [-0.25, -0.2) is 18.2 Å². The average Bonchev–Trinajstić information content (AvgIpc) is 3.04. The van der Waals surface area contributed by atoms with Crippen molar-refractivity contribution in [3.8, 4) is 28.8 Å². The van der Waals surface area contributed by atoms with Crippen molar-refractivity contribution in [1.29, 1.82) is 5.26 Å². The minimum atomic E-state index is -1.21. The van der Waals surface area contributed by atoms with Crippen LogP contribution < -0.4 is 15.8 Å². The number of aromatic hydroxyl groups is 1. The summed E-state index contributed by atoms with van der Waals surface area (Å²) in [6, 6.07) is 7.17. The summed E-state index contributed by atoms with van der Waals surface area (Å²) in [6.07, 6.45) is 1.34. The van der Waals surface area contributed by atoms with Crippen LogP contribution in [0.3, 0.4) is 0 Å². The van der Waals surface area contributed by atoms with Crippen LogP contribution >= 0.6 is 0 Å². The number of phenols is 1. The number of nitrogens with one attached hydrogen (secondary N) is 1. The Kier molecular flexibility index (Phi) is 9.24. The second kappa shape index (κ2) is 13.2. The molecular formula is C34H32F3N7O4. The van der Waals surface area contributed by atoms with Crippen molar-refractivity contribution in [3.05, 3.63) is 87.7 Å². The van der Waals surface area contributed by atoms with E-state index < -0.39 is 63.4 Å². The Balaban J connectivity index is 1.93. The van der Waals surface area contributed by atoms with Crippen molar-refractivity contribution in [2.45, 2.75) is 39.2 Å². The van der Waals surface area contributed by atoms with Gasteiger partial charge >= 0.3 is 0 Å². The first-order valence-electron chi connectivity index (χ1n) is 15.0. The number of aromatic nitrogens is 3. The molecule has 11 nitrogen and oxygen atoms in total. The van der Waals surface area contributed by atoms with Crippen LogP contribution in [0.4, 0.5) is 18.9 Å². The van der Waals surface area contributed by atoms with E-state index in [9.17, 15) is 29.1 Å². The van der Waals surface area contributed by atoms with Gasteiger partial charge in [-0.05, 0) is 42.7 Å². The Labute approximate surface area is 273 Å². The van der Waals surface area contributed by atoms with E-state index in [1.807, 2.05) is 19.9 Å². The number of hydrogen-bond donors (Lipinski definition) is 2. The van der Waals surface area contributed by atoms with Gasteiger partial charge in [0.15, 0.2) is 17.3 Å². The van der Waals surface area contributed by atoms with E-state index in [0.717, 1.165) is 21.6 Å². The summed E-state index contributed by atoms with van der Waals surface area (Å²) in [5, 5.41) is 22.5. The van der Waals surface area contributed by atoms with Crippen LogP contribution in [-0.4, -0.2) is 69.1 Å². The first kappa shape index (κ1) is 33.6. The molecule has 1 fully saturated rings. The molecule has 4 heterocycles. The summed E-state index contributed by atoms with van der Waals surface area (Å²) >= 11 is 0. The monoisotopic (exact) mass is 659 g/mol. The van der Waals surface area contributed by atoms with Crippen LogP contribution in [-0.2, 0) is 4.79 Å². The quantitative estimate of drug-likeness (QED) is 0.273. The molecule has 14 heteroatoms. The Morgan fingerprint density at radius 1 is 1.19 bits per heavy atom. The van der Waals surface area contributed by atoms with Crippen molar-refractivity contribution in [2.24, 2.45) is 0 Å². The molecule has 0 spiro atoms. The molecule has 1 aromatic carbocycles. The average molecular weight is 660 g/mol. The van der Waals surface area contributed by atoms with Crippen molar-refractivity contribution in [3.63, 3.8) is 0 Å². The van der Waals surface area contributed by atoms with Gasteiger partial charge in [0.05, 0.1) is 41.2 Å². The lowest BCUT2D eigenvalue weighted by molar-refractivity contribution is -0.131. The second-order valence-corrected chi connectivity index (χ2v) is 11.6. The molecule has 248 valence electrons. The predicted molar refractivity (Wildman–Crippen MR) is 173 cm³/mol. The van der Waals surface area contributed by atoms with E-state index in [1.54, 1.807) is 24.1 Å². The van der Waals surface area contributed by atoms with Gasteiger partial charge in [-0.1, -0.05) is 26.5 Å². The molecule has 2 amide bonds. The third kappa shape index (κ3) is 5.72. The normalized spacial score (nSPS) is 14.7. The summed E-state index contributed by atoms with van der Waals surface area (Å²) in [7, 11) is 1.32. The lowest BCUT2D eigenvalue weighted by Crippen LogP contribution is -2.56. The number of carbonyl (C=O) groups excluding carboxylic acids is 2. The Morgan fingerprint density at radius 2 is 1.92 bits per heavy atom. The molecule has 0 bridgehead atoms. The number of benzene rings is 1. The maximum Gasteiger partial charge on any atom is 0.282 e. The van der Waals surface area contributed by atoms with Crippen molar-refractivity contribution < 1.29 is 27.9 Å². The van der Waals surface area contributed by atoms with Crippen LogP contribution in [0.15, 0.2) is 53.7 Å². The SMILES string of the molecule is C=C(F)C(=O)N1CCN(c2c(C(=O)NC)c(=O)n(-c3c(C)ccnc3C(C)C)c3nc(-c4c(O)cccc4F)c(F)cc23)C[C@@H]1CC#N. The Bertz CT molecular complexity index is 2070. The lowest BCUT2D eigenvalue weighted by Gasteiger charge is -2.42. The fourth-order valence-corrected chi connectivity index (χ4v) is 6.10. The highest BCUT2D eigenvalue weighted by atomic mass is 19.1. The van der Waals surface area contributed by atoms with Crippen LogP contribution in [0.2, 0.25) is 0 Å². The fourth-order valence-electron chi connectivity index (χ4n) is 6.10. The molecule has 5 rings (SSSR count). The van der Waals surface area contributed by atoms with E-state index >= 15 is 8.78 Å². The number of piperazine rings is 1. The number of hydrogen-bond acceptors (Lipinski definition) is 8. The first-order valence-corrected chi connectivity index (χ1v) is 15.0. The van der Waals surface area contributed by atoms with Crippen LogP contribution in [0.1, 0.15) is 47.8 Å². The van der Waals surface area contributed by atoms with Crippen LogP contribution in [0.5, 0.6) is 5.75 Å². The molecule has 1 aliphatic heterocycles. The van der Waals surface area contributed by atoms with E-state index in [1.165, 1.54) is 19.2 Å². The van der Waals surface area contributed by atoms with Crippen molar-refractivity contribution >= 4 is 28.5 Å². The number of amides is 2. The summed E-state index contributed by atoms with van der Waals surface area (Å²) in [4.78, 5) is 52.6. The molecule has 0 aliphatic carbocycles. The summed E-state index contributed by atoms with van der Waals surface area (Å²) in [5.74, 6) is -5.89. The second-order valence-electron chi connectivity index (χ2n) is 11.6. The van der Waals surface area contributed by atoms with E-state index in [-0.39, 0.29) is 54.4 Å². The zero-order valence-corrected chi connectivity index (χ0v) is 26.6. The molecule has 4 aromatic rings. The van der Waals surface area contributed by atoms with Gasteiger partial charge in [-0.3, -0.25) is 23.9 Å². The summed E-state index contributed by atoms with van der Waals surface area (Å²) in [5.41, 5.74) is -1.29. The van der Waals surface area contributed by atoms with Crippen LogP contribution in [0, 0.1) is 29.9 Å². The van der Waals surface area contributed by atoms with E-state index in [4.69, 9.17) is 0 Å². The van der Waals surface area contributed by atoms with Gasteiger partial charge in [-0.2, -0.15) is 5.26 Å². The highest BCUT2D eigenvalue weighted by molar-refractivity contribution is 6.07. The third-order valence-electron chi connectivity index (χ3n) is 8.30. The predicted octanol–water partition coefficient (Wildman–Crippen LogP) is 4.64. The largest absolute Gasteiger partial charge is 0.507 e. The first-order chi connectivity index (χ1) is 22.8. The number of rotatable bonds is 7. The lowest BCUT2D eigenvalue weighted by atomic mass is 10.0. The third-order valence-corrected chi connectivity index (χ3v) is 8.30. The topological polar surface area (TPSA) is 144 Å². The maximum absolute atomic E-state index is 16.2. The van der Waals surface area contributed by atoms with Gasteiger partial charge in [0.1, 0.15) is 22.8 Å². The summed E-state index contributed by atoms with van der Waals surface area (Å²) < 4.78 is 46.4. The molecule has 3 aromatic heterocycles. The molecule has 0 radical (unpaired) electrons. The number of nitriles is 1. The highest BCUT2D eigenvalue weighted by Crippen LogP contribution is 2.38. The summed E-state index contributed by atoms with van der Waals surface area (Å²) in [6.45, 7) is 8.18. The Hall–Kier alpha value is -5.71. The van der Waals surface area contributed by atoms with Crippen LogP contribution in [0.25, 0.3) is 28.0 Å². The number of halogens is 3. The number of carbonyl (C=O) groups is 2. The van der Waals surface area contributed by atoms with Gasteiger partial charge in [-0.15, -0.1) is 0 Å². The molecule has 48 heavy (non-hydrogen) atoms. The molecule has 1 saturated heterocycles. The number of phenolic OH excluding ortho intramolecular Hbond substituents is 1. The molecule has 0 unspecified atom stereocenters. The molecule has 1 aliphatic rings. The standard InChI is InChI=1S/C34H32F3N7O4/c1-17(2)27-29(18(3)10-12-40-27)44-31-21(15-23(37)28(41-31)25-22(36)7-6-8-24(25)45)30(26(34(44)48)32(46)39-5)42-13-14-43(33(47)19(4)35)20(16-42)9-11-38/h6-8,10,12,15,17,20,45H,4,9,13-14,16H2,1-3,5H3,(H,39,46)/t20-/m0/s1. The number of fused-ring (bicyclic) bond motifs is 1. The fraction of sp³-hybridized carbons (Fsp3) is 0.294. The molecule has 1 atom stereocenters.